The molecule has 3 rings (SSSR count). The number of nitrogens with zero attached hydrogens (tertiary/aromatic N) is 2. The SMILES string of the molecule is CCCCOc1ccc(-c2nc(OCCO)c(-c3ccc(OC)cc3)c(OCCO)n2)cc1. The normalized spacial score (nSPS) is 10.7. The largest absolute Gasteiger partial charge is 0.497 e. The Hall–Kier alpha value is -3.36. The molecule has 0 unspecified atom stereocenters. The highest BCUT2D eigenvalue weighted by molar-refractivity contribution is 5.76. The molecule has 8 nitrogen and oxygen atoms in total. The minimum Gasteiger partial charge on any atom is -0.497 e. The third-order valence-electron chi connectivity index (χ3n) is 4.76. The number of aliphatic hydroxyl groups excluding tert-OH is 2. The predicted molar refractivity (Wildman–Crippen MR) is 125 cm³/mol. The van der Waals surface area contributed by atoms with Crippen LogP contribution < -0.4 is 18.9 Å². The van der Waals surface area contributed by atoms with Gasteiger partial charge in [0.05, 0.1) is 26.9 Å². The first-order valence-corrected chi connectivity index (χ1v) is 11.0. The second-order valence-corrected chi connectivity index (χ2v) is 7.13. The molecule has 2 aromatic carbocycles. The van der Waals surface area contributed by atoms with Crippen molar-refractivity contribution in [1.29, 1.82) is 0 Å². The number of benzene rings is 2. The Bertz CT molecular complexity index is 964. The molecule has 1 heterocycles. The van der Waals surface area contributed by atoms with Crippen LogP contribution in [0.2, 0.25) is 0 Å². The van der Waals surface area contributed by atoms with Gasteiger partial charge in [0.15, 0.2) is 5.82 Å². The molecule has 2 N–H and O–H groups in total. The molecule has 0 aliphatic rings. The van der Waals surface area contributed by atoms with E-state index in [1.807, 2.05) is 48.5 Å². The van der Waals surface area contributed by atoms with Gasteiger partial charge in [-0.3, -0.25) is 0 Å². The van der Waals surface area contributed by atoms with E-state index in [-0.39, 0.29) is 38.2 Å². The lowest BCUT2D eigenvalue weighted by Crippen LogP contribution is -2.10. The summed E-state index contributed by atoms with van der Waals surface area (Å²) in [5.41, 5.74) is 2.03. The third-order valence-corrected chi connectivity index (χ3v) is 4.76. The third kappa shape index (κ3) is 6.57. The molecule has 0 radical (unpaired) electrons. The molecule has 0 bridgehead atoms. The van der Waals surface area contributed by atoms with Crippen LogP contribution in [0.3, 0.4) is 0 Å². The van der Waals surface area contributed by atoms with Gasteiger partial charge in [-0.2, -0.15) is 9.97 Å². The van der Waals surface area contributed by atoms with Gasteiger partial charge >= 0.3 is 0 Å². The number of unbranched alkanes of at least 4 members (excludes halogenated alkanes) is 1. The maximum absolute atomic E-state index is 9.31. The Balaban J connectivity index is 2.02. The molecule has 1 aromatic heterocycles. The highest BCUT2D eigenvalue weighted by Crippen LogP contribution is 2.38. The van der Waals surface area contributed by atoms with Crippen LogP contribution in [0.4, 0.5) is 0 Å². The lowest BCUT2D eigenvalue weighted by molar-refractivity contribution is 0.189. The van der Waals surface area contributed by atoms with E-state index < -0.39 is 0 Å². The highest BCUT2D eigenvalue weighted by Gasteiger charge is 2.20. The number of hydrogen-bond acceptors (Lipinski definition) is 8. The van der Waals surface area contributed by atoms with Crippen LogP contribution in [0, 0.1) is 0 Å². The zero-order valence-corrected chi connectivity index (χ0v) is 19.0. The van der Waals surface area contributed by atoms with Crippen LogP contribution in [-0.4, -0.2) is 60.3 Å². The number of aromatic nitrogens is 2. The molecule has 0 amide bonds. The van der Waals surface area contributed by atoms with Crippen molar-refractivity contribution in [3.8, 4) is 45.8 Å². The van der Waals surface area contributed by atoms with Gasteiger partial charge < -0.3 is 29.2 Å². The summed E-state index contributed by atoms with van der Waals surface area (Å²) in [7, 11) is 1.60. The van der Waals surface area contributed by atoms with Crippen LogP contribution in [0.5, 0.6) is 23.3 Å². The minimum absolute atomic E-state index is 0.0588. The number of hydrogen-bond donors (Lipinski definition) is 2. The molecular formula is C25H30N2O6. The van der Waals surface area contributed by atoms with Gasteiger partial charge in [0.1, 0.15) is 30.3 Å². The summed E-state index contributed by atoms with van der Waals surface area (Å²) in [6, 6.07) is 14.8. The average molecular weight is 455 g/mol. The van der Waals surface area contributed by atoms with E-state index in [9.17, 15) is 10.2 Å². The smallest absolute Gasteiger partial charge is 0.229 e. The van der Waals surface area contributed by atoms with Gasteiger partial charge in [-0.1, -0.05) is 25.5 Å². The zero-order chi connectivity index (χ0) is 23.5. The van der Waals surface area contributed by atoms with Gasteiger partial charge in [-0.05, 0) is 48.4 Å². The summed E-state index contributed by atoms with van der Waals surface area (Å²) < 4.78 is 22.5. The summed E-state index contributed by atoms with van der Waals surface area (Å²) >= 11 is 0. The average Bonchev–Trinajstić information content (AvgIpc) is 2.86. The van der Waals surface area contributed by atoms with E-state index in [2.05, 4.69) is 16.9 Å². The fraction of sp³-hybridized carbons (Fsp3) is 0.360. The summed E-state index contributed by atoms with van der Waals surface area (Å²) in [6.07, 6.45) is 2.06. The second-order valence-electron chi connectivity index (χ2n) is 7.13. The van der Waals surface area contributed by atoms with Crippen molar-refractivity contribution in [1.82, 2.24) is 9.97 Å². The number of methoxy groups -OCH3 is 1. The Labute approximate surface area is 193 Å². The lowest BCUT2D eigenvalue weighted by atomic mass is 10.1. The van der Waals surface area contributed by atoms with Crippen molar-refractivity contribution >= 4 is 0 Å². The Kier molecular flexibility index (Phi) is 9.29. The molecule has 0 aliphatic carbocycles. The Morgan fingerprint density at radius 3 is 1.76 bits per heavy atom. The first-order valence-electron chi connectivity index (χ1n) is 11.0. The summed E-state index contributed by atoms with van der Waals surface area (Å²) in [4.78, 5) is 9.23. The predicted octanol–water partition coefficient (Wildman–Crippen LogP) is 3.74. The fourth-order valence-electron chi connectivity index (χ4n) is 3.08. The maximum atomic E-state index is 9.31. The number of rotatable bonds is 13. The van der Waals surface area contributed by atoms with Crippen LogP contribution in [0.15, 0.2) is 48.5 Å². The van der Waals surface area contributed by atoms with Gasteiger partial charge in [-0.25, -0.2) is 0 Å². The van der Waals surface area contributed by atoms with Crippen LogP contribution in [0.1, 0.15) is 19.8 Å². The first kappa shape index (κ1) is 24.3. The number of ether oxygens (including phenoxy) is 4. The van der Waals surface area contributed by atoms with E-state index in [1.165, 1.54) is 0 Å². The molecule has 0 fully saturated rings. The standard InChI is InChI=1S/C25H30N2O6/c1-3-4-15-31-21-11-7-19(8-12-21)23-26-24(32-16-13-28)22(25(27-23)33-17-14-29)18-5-9-20(30-2)10-6-18/h5-12,28-29H,3-4,13-17H2,1-2H3. The summed E-state index contributed by atoms with van der Waals surface area (Å²) in [5.74, 6) is 2.42. The van der Waals surface area contributed by atoms with Crippen molar-refractivity contribution < 1.29 is 29.2 Å². The molecular weight excluding hydrogens is 424 g/mol. The molecule has 0 atom stereocenters. The molecule has 0 saturated carbocycles. The van der Waals surface area contributed by atoms with Crippen molar-refractivity contribution in [2.75, 3.05) is 40.1 Å². The lowest BCUT2D eigenvalue weighted by Gasteiger charge is -2.16. The quantitative estimate of drug-likeness (QED) is 0.377. The maximum Gasteiger partial charge on any atom is 0.229 e. The van der Waals surface area contributed by atoms with Crippen molar-refractivity contribution in [2.24, 2.45) is 0 Å². The molecule has 0 spiro atoms. The molecule has 0 saturated heterocycles. The van der Waals surface area contributed by atoms with Crippen molar-refractivity contribution in [2.45, 2.75) is 19.8 Å². The topological polar surface area (TPSA) is 103 Å². The van der Waals surface area contributed by atoms with Crippen LogP contribution in [-0.2, 0) is 0 Å². The minimum atomic E-state index is -0.169. The molecule has 3 aromatic rings. The summed E-state index contributed by atoms with van der Waals surface area (Å²) in [6.45, 7) is 2.57. The van der Waals surface area contributed by atoms with E-state index >= 15 is 0 Å². The Morgan fingerprint density at radius 1 is 0.697 bits per heavy atom. The van der Waals surface area contributed by atoms with Crippen LogP contribution in [0.25, 0.3) is 22.5 Å². The highest BCUT2D eigenvalue weighted by atomic mass is 16.5. The number of aliphatic hydroxyl groups is 2. The fourth-order valence-corrected chi connectivity index (χ4v) is 3.08. The molecule has 0 aliphatic heterocycles. The van der Waals surface area contributed by atoms with Crippen LogP contribution >= 0.6 is 0 Å². The zero-order valence-electron chi connectivity index (χ0n) is 19.0. The van der Waals surface area contributed by atoms with E-state index in [0.717, 1.165) is 29.7 Å². The monoisotopic (exact) mass is 454 g/mol. The van der Waals surface area contributed by atoms with Gasteiger partial charge in [0.25, 0.3) is 0 Å². The van der Waals surface area contributed by atoms with Gasteiger partial charge in [0, 0.05) is 5.56 Å². The van der Waals surface area contributed by atoms with Crippen molar-refractivity contribution in [3.63, 3.8) is 0 Å². The van der Waals surface area contributed by atoms with Gasteiger partial charge in [0.2, 0.25) is 11.8 Å². The van der Waals surface area contributed by atoms with E-state index in [0.29, 0.717) is 23.7 Å². The first-order chi connectivity index (χ1) is 16.2. The Morgan fingerprint density at radius 2 is 1.24 bits per heavy atom. The molecule has 176 valence electrons. The summed E-state index contributed by atoms with van der Waals surface area (Å²) in [5, 5.41) is 18.6. The molecule has 8 heteroatoms. The van der Waals surface area contributed by atoms with Gasteiger partial charge in [-0.15, -0.1) is 0 Å². The second kappa shape index (κ2) is 12.6. The van der Waals surface area contributed by atoms with E-state index in [4.69, 9.17) is 18.9 Å². The molecule has 33 heavy (non-hydrogen) atoms. The van der Waals surface area contributed by atoms with Crippen molar-refractivity contribution in [3.05, 3.63) is 48.5 Å². The van der Waals surface area contributed by atoms with E-state index in [1.54, 1.807) is 7.11 Å².